The molecule has 18 heavy (non-hydrogen) atoms. The SMILES string of the molecule is CCNC(Cc1ncnc2ccccc12)C1CC1. The smallest absolute Gasteiger partial charge is 0.116 e. The second-order valence-electron chi connectivity index (χ2n) is 5.04. The highest BCUT2D eigenvalue weighted by Crippen LogP contribution is 2.34. The molecule has 3 nitrogen and oxygen atoms in total. The standard InChI is InChI=1S/C15H19N3/c1-2-16-14(11-7-8-11)9-15-12-5-3-4-6-13(12)17-10-18-15/h3-6,10-11,14,16H,2,7-9H2,1H3. The van der Waals surface area contributed by atoms with Crippen LogP contribution < -0.4 is 5.32 Å². The van der Waals surface area contributed by atoms with E-state index in [0.29, 0.717) is 6.04 Å². The van der Waals surface area contributed by atoms with Gasteiger partial charge >= 0.3 is 0 Å². The fraction of sp³-hybridized carbons (Fsp3) is 0.467. The molecule has 1 N–H and O–H groups in total. The minimum absolute atomic E-state index is 0.577. The number of nitrogens with one attached hydrogen (secondary N) is 1. The van der Waals surface area contributed by atoms with Crippen molar-refractivity contribution in [1.82, 2.24) is 15.3 Å². The van der Waals surface area contributed by atoms with Gasteiger partial charge in [-0.3, -0.25) is 0 Å². The van der Waals surface area contributed by atoms with Crippen LogP contribution in [0.4, 0.5) is 0 Å². The second-order valence-corrected chi connectivity index (χ2v) is 5.04. The molecule has 1 saturated carbocycles. The number of nitrogens with zero attached hydrogens (tertiary/aromatic N) is 2. The van der Waals surface area contributed by atoms with Gasteiger partial charge in [0.2, 0.25) is 0 Å². The van der Waals surface area contributed by atoms with E-state index in [-0.39, 0.29) is 0 Å². The molecule has 0 amide bonds. The van der Waals surface area contributed by atoms with E-state index in [1.807, 2.05) is 6.07 Å². The van der Waals surface area contributed by atoms with E-state index in [2.05, 4.69) is 40.4 Å². The number of para-hydroxylation sites is 1. The van der Waals surface area contributed by atoms with E-state index < -0.39 is 0 Å². The first-order valence-corrected chi connectivity index (χ1v) is 6.80. The maximum atomic E-state index is 4.49. The molecule has 1 aliphatic rings. The maximum Gasteiger partial charge on any atom is 0.116 e. The summed E-state index contributed by atoms with van der Waals surface area (Å²) in [6.07, 6.45) is 5.43. The van der Waals surface area contributed by atoms with Crippen molar-refractivity contribution < 1.29 is 0 Å². The first kappa shape index (κ1) is 11.6. The van der Waals surface area contributed by atoms with Crippen molar-refractivity contribution in [1.29, 1.82) is 0 Å². The molecule has 1 fully saturated rings. The molecule has 1 heterocycles. The lowest BCUT2D eigenvalue weighted by Gasteiger charge is -2.17. The Morgan fingerprint density at radius 2 is 2.11 bits per heavy atom. The van der Waals surface area contributed by atoms with E-state index in [1.165, 1.54) is 23.9 Å². The predicted molar refractivity (Wildman–Crippen MR) is 73.4 cm³/mol. The highest BCUT2D eigenvalue weighted by molar-refractivity contribution is 5.80. The zero-order valence-corrected chi connectivity index (χ0v) is 10.8. The summed E-state index contributed by atoms with van der Waals surface area (Å²) in [5.41, 5.74) is 2.23. The van der Waals surface area contributed by atoms with Gasteiger partial charge in [-0.25, -0.2) is 9.97 Å². The van der Waals surface area contributed by atoms with Crippen molar-refractivity contribution in [3.63, 3.8) is 0 Å². The molecule has 1 aliphatic carbocycles. The third-order valence-electron chi connectivity index (χ3n) is 3.70. The van der Waals surface area contributed by atoms with Gasteiger partial charge in [-0.15, -0.1) is 0 Å². The van der Waals surface area contributed by atoms with Gasteiger partial charge in [-0.1, -0.05) is 25.1 Å². The van der Waals surface area contributed by atoms with Gasteiger partial charge in [0.25, 0.3) is 0 Å². The van der Waals surface area contributed by atoms with Crippen LogP contribution in [0.15, 0.2) is 30.6 Å². The first-order chi connectivity index (χ1) is 8.88. The Bertz CT molecular complexity index is 529. The van der Waals surface area contributed by atoms with Crippen molar-refractivity contribution in [2.24, 2.45) is 5.92 Å². The number of fused-ring (bicyclic) bond motifs is 1. The van der Waals surface area contributed by atoms with E-state index in [4.69, 9.17) is 0 Å². The van der Waals surface area contributed by atoms with E-state index >= 15 is 0 Å². The van der Waals surface area contributed by atoms with Gasteiger partial charge in [-0.05, 0) is 31.4 Å². The molecule has 0 spiro atoms. The summed E-state index contributed by atoms with van der Waals surface area (Å²) in [6, 6.07) is 8.85. The second kappa shape index (κ2) is 5.02. The molecule has 2 aromatic rings. The Morgan fingerprint density at radius 1 is 1.28 bits per heavy atom. The van der Waals surface area contributed by atoms with Crippen molar-refractivity contribution in [3.05, 3.63) is 36.3 Å². The van der Waals surface area contributed by atoms with E-state index in [1.54, 1.807) is 6.33 Å². The lowest BCUT2D eigenvalue weighted by atomic mass is 10.0. The molecule has 0 saturated heterocycles. The van der Waals surface area contributed by atoms with Crippen LogP contribution in [0.5, 0.6) is 0 Å². The summed E-state index contributed by atoms with van der Waals surface area (Å²) in [5.74, 6) is 0.846. The van der Waals surface area contributed by atoms with Crippen molar-refractivity contribution in [3.8, 4) is 0 Å². The van der Waals surface area contributed by atoms with Gasteiger partial charge in [0.1, 0.15) is 6.33 Å². The molecule has 3 rings (SSSR count). The molecule has 94 valence electrons. The molecule has 1 atom stereocenters. The largest absolute Gasteiger partial charge is 0.314 e. The van der Waals surface area contributed by atoms with E-state index in [0.717, 1.165) is 24.4 Å². The highest BCUT2D eigenvalue weighted by Gasteiger charge is 2.31. The molecule has 0 aliphatic heterocycles. The molecule has 0 radical (unpaired) electrons. The highest BCUT2D eigenvalue weighted by atomic mass is 14.9. The average Bonchev–Trinajstić information content (AvgIpc) is 3.23. The Balaban J connectivity index is 1.88. The van der Waals surface area contributed by atoms with Crippen molar-refractivity contribution in [2.75, 3.05) is 6.54 Å². The zero-order chi connectivity index (χ0) is 12.4. The van der Waals surface area contributed by atoms with Gasteiger partial charge < -0.3 is 5.32 Å². The summed E-state index contributed by atoms with van der Waals surface area (Å²) >= 11 is 0. The molecule has 1 aromatic carbocycles. The predicted octanol–water partition coefficient (Wildman–Crippen LogP) is 2.56. The monoisotopic (exact) mass is 241 g/mol. The van der Waals surface area contributed by atoms with Gasteiger partial charge in [0, 0.05) is 17.8 Å². The number of hydrogen-bond acceptors (Lipinski definition) is 3. The van der Waals surface area contributed by atoms with Gasteiger partial charge in [-0.2, -0.15) is 0 Å². The Morgan fingerprint density at radius 3 is 2.89 bits per heavy atom. The Labute approximate surface area is 108 Å². The van der Waals surface area contributed by atoms with Crippen LogP contribution in [-0.2, 0) is 6.42 Å². The number of hydrogen-bond donors (Lipinski definition) is 1. The van der Waals surface area contributed by atoms with Crippen LogP contribution in [0, 0.1) is 5.92 Å². The number of benzene rings is 1. The van der Waals surface area contributed by atoms with Gasteiger partial charge in [0.05, 0.1) is 11.2 Å². The first-order valence-electron chi connectivity index (χ1n) is 6.80. The van der Waals surface area contributed by atoms with Crippen LogP contribution in [-0.4, -0.2) is 22.6 Å². The van der Waals surface area contributed by atoms with Crippen molar-refractivity contribution in [2.45, 2.75) is 32.2 Å². The summed E-state index contributed by atoms with van der Waals surface area (Å²) in [6.45, 7) is 3.21. The molecular formula is C15H19N3. The van der Waals surface area contributed by atoms with Crippen molar-refractivity contribution >= 4 is 10.9 Å². The van der Waals surface area contributed by atoms with Crippen LogP contribution in [0.2, 0.25) is 0 Å². The maximum absolute atomic E-state index is 4.49. The van der Waals surface area contributed by atoms with Crippen LogP contribution >= 0.6 is 0 Å². The quantitative estimate of drug-likeness (QED) is 0.874. The fourth-order valence-electron chi connectivity index (χ4n) is 2.60. The molecule has 0 bridgehead atoms. The summed E-state index contributed by atoms with van der Waals surface area (Å²) in [4.78, 5) is 8.81. The van der Waals surface area contributed by atoms with E-state index in [9.17, 15) is 0 Å². The Hall–Kier alpha value is -1.48. The van der Waals surface area contributed by atoms with Crippen LogP contribution in [0.1, 0.15) is 25.5 Å². The van der Waals surface area contributed by atoms with Gasteiger partial charge in [0.15, 0.2) is 0 Å². The number of rotatable bonds is 5. The lowest BCUT2D eigenvalue weighted by molar-refractivity contribution is 0.469. The minimum Gasteiger partial charge on any atom is -0.314 e. The average molecular weight is 241 g/mol. The third kappa shape index (κ3) is 2.36. The molecule has 3 heteroatoms. The number of likely N-dealkylation sites (N-methyl/N-ethyl adjacent to an activating group) is 1. The summed E-state index contributed by atoms with van der Waals surface area (Å²) < 4.78 is 0. The summed E-state index contributed by atoms with van der Waals surface area (Å²) in [7, 11) is 0. The fourth-order valence-corrected chi connectivity index (χ4v) is 2.60. The lowest BCUT2D eigenvalue weighted by Crippen LogP contribution is -2.33. The summed E-state index contributed by atoms with van der Waals surface area (Å²) in [5, 5.41) is 4.80. The molecule has 1 aromatic heterocycles. The molecule has 1 unspecified atom stereocenters. The van der Waals surface area contributed by atoms with Crippen LogP contribution in [0.25, 0.3) is 10.9 Å². The third-order valence-corrected chi connectivity index (χ3v) is 3.70. The molecular weight excluding hydrogens is 222 g/mol. The normalized spacial score (nSPS) is 16.9. The van der Waals surface area contributed by atoms with Crippen LogP contribution in [0.3, 0.4) is 0 Å². The number of aromatic nitrogens is 2. The Kier molecular flexibility index (Phi) is 3.24. The topological polar surface area (TPSA) is 37.8 Å². The minimum atomic E-state index is 0.577. The zero-order valence-electron chi connectivity index (χ0n) is 10.8.